The van der Waals surface area contributed by atoms with Crippen LogP contribution in [0.5, 0.6) is 23.0 Å². The lowest BCUT2D eigenvalue weighted by Crippen LogP contribution is -2.48. The summed E-state index contributed by atoms with van der Waals surface area (Å²) in [5, 5.41) is 11.0. The number of hydrogen-bond donors (Lipinski definition) is 1. The molecule has 0 bridgehead atoms. The number of ether oxygens (including phenoxy) is 4. The van der Waals surface area contributed by atoms with Crippen molar-refractivity contribution in [2.24, 2.45) is 5.92 Å². The van der Waals surface area contributed by atoms with E-state index in [-0.39, 0.29) is 17.6 Å². The third-order valence-electron chi connectivity index (χ3n) is 5.75. The summed E-state index contributed by atoms with van der Waals surface area (Å²) in [6.07, 6.45) is 0. The average molecular weight is 386 g/mol. The Hall–Kier alpha value is -2.73. The van der Waals surface area contributed by atoms with Gasteiger partial charge in [0, 0.05) is 17.4 Å². The fraction of sp³-hybridized carbons (Fsp3) is 0.409. The molecule has 0 heterocycles. The van der Waals surface area contributed by atoms with E-state index in [0.29, 0.717) is 28.6 Å². The van der Waals surface area contributed by atoms with Crippen molar-refractivity contribution in [1.29, 1.82) is 0 Å². The van der Waals surface area contributed by atoms with Gasteiger partial charge in [0.25, 0.3) is 0 Å². The number of fused-ring (bicyclic) bond motifs is 1. The van der Waals surface area contributed by atoms with Crippen molar-refractivity contribution < 1.29 is 28.8 Å². The highest BCUT2D eigenvalue weighted by Crippen LogP contribution is 2.49. The zero-order valence-electron chi connectivity index (χ0n) is 17.0. The Bertz CT molecular complexity index is 902. The Morgan fingerprint density at radius 1 is 0.857 bits per heavy atom. The summed E-state index contributed by atoms with van der Waals surface area (Å²) >= 11 is 0. The van der Waals surface area contributed by atoms with Crippen LogP contribution in [0.1, 0.15) is 41.3 Å². The predicted octanol–water partition coefficient (Wildman–Crippen LogP) is 3.44. The normalized spacial score (nSPS) is 23.8. The van der Waals surface area contributed by atoms with Crippen molar-refractivity contribution in [2.75, 3.05) is 28.4 Å². The van der Waals surface area contributed by atoms with Crippen LogP contribution in [0.25, 0.3) is 0 Å². The van der Waals surface area contributed by atoms with Gasteiger partial charge in [0.2, 0.25) is 0 Å². The van der Waals surface area contributed by atoms with Crippen molar-refractivity contribution in [3.8, 4) is 23.0 Å². The first-order valence-electron chi connectivity index (χ1n) is 9.05. The number of carbonyl (C=O) groups is 1. The molecule has 1 aliphatic rings. The second kappa shape index (κ2) is 7.36. The number of benzene rings is 2. The number of methoxy groups -OCH3 is 4. The van der Waals surface area contributed by atoms with Gasteiger partial charge in [-0.15, -0.1) is 0 Å². The van der Waals surface area contributed by atoms with Crippen LogP contribution in [0.2, 0.25) is 0 Å². The Morgan fingerprint density at radius 3 is 1.96 bits per heavy atom. The Morgan fingerprint density at radius 2 is 1.39 bits per heavy atom. The summed E-state index contributed by atoms with van der Waals surface area (Å²) in [7, 11) is 6.23. The quantitative estimate of drug-likeness (QED) is 0.849. The molecule has 0 aromatic heterocycles. The van der Waals surface area contributed by atoms with Crippen molar-refractivity contribution in [3.63, 3.8) is 0 Å². The second-order valence-electron chi connectivity index (χ2n) is 7.15. The number of ketones is 1. The highest BCUT2D eigenvalue weighted by Gasteiger charge is 2.48. The fourth-order valence-electron chi connectivity index (χ4n) is 3.94. The summed E-state index contributed by atoms with van der Waals surface area (Å²) in [5.74, 6) is 1.24. The Labute approximate surface area is 165 Å². The highest BCUT2D eigenvalue weighted by molar-refractivity contribution is 6.05. The maximum absolute atomic E-state index is 13.0. The number of rotatable bonds is 5. The van der Waals surface area contributed by atoms with Gasteiger partial charge in [0.05, 0.1) is 28.4 Å². The fourth-order valence-corrected chi connectivity index (χ4v) is 3.94. The topological polar surface area (TPSA) is 74.2 Å². The molecule has 6 nitrogen and oxygen atoms in total. The largest absolute Gasteiger partial charge is 0.493 e. The molecule has 0 radical (unpaired) electrons. The summed E-state index contributed by atoms with van der Waals surface area (Å²) in [5.41, 5.74) is 0.602. The van der Waals surface area contributed by atoms with Crippen LogP contribution >= 0.6 is 0 Å². The SMILES string of the molecule is COc1ccc(C2c3cc(OC)c(OC)cc3C(=O)C(C)(O)C2C)cc1OC. The zero-order valence-corrected chi connectivity index (χ0v) is 17.0. The molecule has 150 valence electrons. The predicted molar refractivity (Wildman–Crippen MR) is 105 cm³/mol. The van der Waals surface area contributed by atoms with Gasteiger partial charge in [-0.05, 0) is 42.3 Å². The van der Waals surface area contributed by atoms with E-state index in [1.54, 1.807) is 34.3 Å². The first kappa shape index (κ1) is 20.0. The van der Waals surface area contributed by atoms with Gasteiger partial charge in [0.1, 0.15) is 5.60 Å². The highest BCUT2D eigenvalue weighted by atomic mass is 16.5. The second-order valence-corrected chi connectivity index (χ2v) is 7.15. The van der Waals surface area contributed by atoms with Gasteiger partial charge >= 0.3 is 0 Å². The van der Waals surface area contributed by atoms with Crippen molar-refractivity contribution in [1.82, 2.24) is 0 Å². The minimum Gasteiger partial charge on any atom is -0.493 e. The molecule has 2 aromatic carbocycles. The number of Topliss-reactive ketones (excluding diaryl/α,β-unsaturated/α-hetero) is 1. The minimum atomic E-state index is -1.52. The molecule has 3 unspecified atom stereocenters. The Balaban J connectivity index is 2.27. The lowest BCUT2D eigenvalue weighted by Gasteiger charge is -2.41. The smallest absolute Gasteiger partial charge is 0.194 e. The van der Waals surface area contributed by atoms with Crippen molar-refractivity contribution >= 4 is 5.78 Å². The van der Waals surface area contributed by atoms with E-state index >= 15 is 0 Å². The zero-order chi connectivity index (χ0) is 20.6. The molecule has 1 aliphatic carbocycles. The molecular weight excluding hydrogens is 360 g/mol. The molecule has 0 aliphatic heterocycles. The third-order valence-corrected chi connectivity index (χ3v) is 5.75. The lowest BCUT2D eigenvalue weighted by molar-refractivity contribution is 0.00444. The van der Waals surface area contributed by atoms with Gasteiger partial charge in [-0.2, -0.15) is 0 Å². The number of aliphatic hydroxyl groups is 1. The maximum Gasteiger partial charge on any atom is 0.194 e. The van der Waals surface area contributed by atoms with E-state index < -0.39 is 5.60 Å². The van der Waals surface area contributed by atoms with E-state index in [1.807, 2.05) is 31.2 Å². The van der Waals surface area contributed by atoms with Crippen LogP contribution in [0.15, 0.2) is 30.3 Å². The van der Waals surface area contributed by atoms with Gasteiger partial charge in [-0.25, -0.2) is 0 Å². The molecule has 0 amide bonds. The van der Waals surface area contributed by atoms with Gasteiger partial charge < -0.3 is 24.1 Å². The molecule has 0 saturated carbocycles. The molecule has 1 N–H and O–H groups in total. The van der Waals surface area contributed by atoms with Crippen LogP contribution in [0.3, 0.4) is 0 Å². The molecule has 6 heteroatoms. The van der Waals surface area contributed by atoms with Crippen LogP contribution < -0.4 is 18.9 Å². The summed E-state index contributed by atoms with van der Waals surface area (Å²) in [4.78, 5) is 13.0. The van der Waals surface area contributed by atoms with E-state index in [0.717, 1.165) is 11.1 Å². The minimum absolute atomic E-state index is 0.248. The number of hydrogen-bond acceptors (Lipinski definition) is 6. The van der Waals surface area contributed by atoms with E-state index in [4.69, 9.17) is 18.9 Å². The third kappa shape index (κ3) is 2.98. The summed E-state index contributed by atoms with van der Waals surface area (Å²) in [6, 6.07) is 9.09. The van der Waals surface area contributed by atoms with Crippen LogP contribution in [0.4, 0.5) is 0 Å². The molecule has 2 aromatic rings. The summed E-state index contributed by atoms with van der Waals surface area (Å²) < 4.78 is 21.6. The average Bonchev–Trinajstić information content (AvgIpc) is 2.71. The first-order valence-corrected chi connectivity index (χ1v) is 9.05. The standard InChI is InChI=1S/C22H26O6/c1-12-20(13-7-8-16(25-3)17(9-13)26-4)14-10-18(27-5)19(28-6)11-15(14)21(23)22(12,2)24/h7-12,20,24H,1-6H3. The van der Waals surface area contributed by atoms with Gasteiger partial charge in [0.15, 0.2) is 28.8 Å². The molecule has 3 rings (SSSR count). The lowest BCUT2D eigenvalue weighted by atomic mass is 9.65. The molecule has 3 atom stereocenters. The Kier molecular flexibility index (Phi) is 5.26. The first-order chi connectivity index (χ1) is 13.3. The van der Waals surface area contributed by atoms with Crippen LogP contribution in [0, 0.1) is 5.92 Å². The van der Waals surface area contributed by atoms with E-state index in [9.17, 15) is 9.90 Å². The summed E-state index contributed by atoms with van der Waals surface area (Å²) in [6.45, 7) is 3.44. The van der Waals surface area contributed by atoms with Gasteiger partial charge in [-0.3, -0.25) is 4.79 Å². The van der Waals surface area contributed by atoms with Crippen LogP contribution in [-0.2, 0) is 0 Å². The monoisotopic (exact) mass is 386 g/mol. The maximum atomic E-state index is 13.0. The van der Waals surface area contributed by atoms with Crippen molar-refractivity contribution in [3.05, 3.63) is 47.0 Å². The van der Waals surface area contributed by atoms with E-state index in [2.05, 4.69) is 0 Å². The molecule has 0 spiro atoms. The van der Waals surface area contributed by atoms with Crippen LogP contribution in [-0.4, -0.2) is 44.9 Å². The molecule has 0 fully saturated rings. The molecule has 28 heavy (non-hydrogen) atoms. The van der Waals surface area contributed by atoms with Crippen molar-refractivity contribution in [2.45, 2.75) is 25.4 Å². The molecular formula is C22H26O6. The molecule has 0 saturated heterocycles. The number of carbonyl (C=O) groups excluding carboxylic acids is 1. The van der Waals surface area contributed by atoms with Gasteiger partial charge in [-0.1, -0.05) is 13.0 Å². The van der Waals surface area contributed by atoms with E-state index in [1.165, 1.54) is 7.11 Å².